The molecule has 4 atom stereocenters. The molecule has 0 heterocycles. The highest BCUT2D eigenvalue weighted by atomic mass is 16.3. The molecule has 0 aliphatic rings. The average molecular weight is 275 g/mol. The highest BCUT2D eigenvalue weighted by Crippen LogP contribution is 2.16. The Bertz CT molecular complexity index is 258. The van der Waals surface area contributed by atoms with E-state index in [1.54, 1.807) is 0 Å². The van der Waals surface area contributed by atoms with Crippen LogP contribution in [0.2, 0.25) is 0 Å². The lowest BCUT2D eigenvalue weighted by molar-refractivity contribution is -0.122. The third-order valence-corrected chi connectivity index (χ3v) is 3.19. The van der Waals surface area contributed by atoms with Crippen LogP contribution in [0.4, 0.5) is 0 Å². The Morgan fingerprint density at radius 2 is 1.68 bits per heavy atom. The van der Waals surface area contributed by atoms with Crippen LogP contribution in [-0.2, 0) is 4.79 Å². The third kappa shape index (κ3) is 8.18. The molecule has 0 radical (unpaired) electrons. The molecular weight excluding hydrogens is 246 g/mol. The van der Waals surface area contributed by atoms with Gasteiger partial charge in [0.2, 0.25) is 5.91 Å². The first-order chi connectivity index (χ1) is 8.77. The van der Waals surface area contributed by atoms with Crippen molar-refractivity contribution < 1.29 is 20.1 Å². The van der Waals surface area contributed by atoms with Crippen molar-refractivity contribution in [1.82, 2.24) is 5.32 Å². The van der Waals surface area contributed by atoms with E-state index in [0.717, 1.165) is 6.42 Å². The van der Waals surface area contributed by atoms with Gasteiger partial charge in [-0.2, -0.15) is 0 Å². The smallest absolute Gasteiger partial charge is 0.217 e. The molecule has 0 aromatic carbocycles. The van der Waals surface area contributed by atoms with E-state index in [-0.39, 0.29) is 18.4 Å². The van der Waals surface area contributed by atoms with Crippen molar-refractivity contribution in [2.24, 2.45) is 11.8 Å². The van der Waals surface area contributed by atoms with Crippen molar-refractivity contribution >= 4 is 5.91 Å². The molecule has 4 unspecified atom stereocenters. The van der Waals surface area contributed by atoms with Crippen LogP contribution in [0.3, 0.4) is 0 Å². The number of nitrogens with one attached hydrogen (secondary N) is 1. The number of amides is 1. The van der Waals surface area contributed by atoms with Crippen LogP contribution in [0.1, 0.15) is 47.0 Å². The first-order valence-electron chi connectivity index (χ1n) is 7.02. The molecule has 0 aromatic rings. The second-order valence-electron chi connectivity index (χ2n) is 5.86. The summed E-state index contributed by atoms with van der Waals surface area (Å²) >= 11 is 0. The number of hydrogen-bond donors (Lipinski definition) is 4. The average Bonchev–Trinajstić information content (AvgIpc) is 2.32. The summed E-state index contributed by atoms with van der Waals surface area (Å²) in [5.41, 5.74) is 0. The Kier molecular flexibility index (Phi) is 8.97. The molecule has 5 heteroatoms. The monoisotopic (exact) mass is 275 g/mol. The predicted molar refractivity (Wildman–Crippen MR) is 74.6 cm³/mol. The van der Waals surface area contributed by atoms with Gasteiger partial charge in [-0.25, -0.2) is 0 Å². The van der Waals surface area contributed by atoms with Gasteiger partial charge in [0.25, 0.3) is 0 Å². The van der Waals surface area contributed by atoms with E-state index in [0.29, 0.717) is 18.8 Å². The van der Waals surface area contributed by atoms with Crippen LogP contribution in [0.5, 0.6) is 0 Å². The van der Waals surface area contributed by atoms with Gasteiger partial charge in [-0.15, -0.1) is 0 Å². The van der Waals surface area contributed by atoms with E-state index in [2.05, 4.69) is 19.2 Å². The summed E-state index contributed by atoms with van der Waals surface area (Å²) in [7, 11) is 0. The molecule has 0 fully saturated rings. The van der Waals surface area contributed by atoms with Crippen LogP contribution in [0, 0.1) is 11.8 Å². The Morgan fingerprint density at radius 3 is 2.11 bits per heavy atom. The first kappa shape index (κ1) is 18.4. The van der Waals surface area contributed by atoms with Crippen molar-refractivity contribution in [2.45, 2.75) is 65.2 Å². The van der Waals surface area contributed by atoms with Gasteiger partial charge in [0.15, 0.2) is 0 Å². The van der Waals surface area contributed by atoms with Gasteiger partial charge in [0.05, 0.1) is 18.2 Å². The van der Waals surface area contributed by atoms with Crippen LogP contribution < -0.4 is 5.32 Å². The highest BCUT2D eigenvalue weighted by Gasteiger charge is 2.28. The van der Waals surface area contributed by atoms with Crippen LogP contribution in [0.15, 0.2) is 0 Å². The lowest BCUT2D eigenvalue weighted by Crippen LogP contribution is -2.50. The third-order valence-electron chi connectivity index (χ3n) is 3.19. The van der Waals surface area contributed by atoms with E-state index in [1.807, 2.05) is 6.92 Å². The molecule has 0 aliphatic heterocycles. The highest BCUT2D eigenvalue weighted by molar-refractivity contribution is 5.73. The molecular formula is C14H29NO4. The fourth-order valence-corrected chi connectivity index (χ4v) is 2.00. The van der Waals surface area contributed by atoms with E-state index < -0.39 is 18.2 Å². The minimum atomic E-state index is -0.854. The Hall–Kier alpha value is -0.650. The Balaban J connectivity index is 4.54. The Morgan fingerprint density at radius 1 is 1.11 bits per heavy atom. The van der Waals surface area contributed by atoms with Gasteiger partial charge in [-0.3, -0.25) is 4.79 Å². The number of aliphatic hydroxyl groups excluding tert-OH is 3. The van der Waals surface area contributed by atoms with Crippen molar-refractivity contribution in [3.05, 3.63) is 0 Å². The molecule has 1 amide bonds. The maximum Gasteiger partial charge on any atom is 0.217 e. The van der Waals surface area contributed by atoms with Crippen LogP contribution in [-0.4, -0.2) is 46.1 Å². The summed E-state index contributed by atoms with van der Waals surface area (Å²) in [6.45, 7) is 7.28. The van der Waals surface area contributed by atoms with Gasteiger partial charge in [-0.05, 0) is 31.1 Å². The van der Waals surface area contributed by atoms with Gasteiger partial charge in [0.1, 0.15) is 0 Å². The predicted octanol–water partition coefficient (Wildman–Crippen LogP) is 0.668. The molecule has 0 aromatic heterocycles. The zero-order valence-electron chi connectivity index (χ0n) is 12.5. The summed E-state index contributed by atoms with van der Waals surface area (Å²) in [6.07, 6.45) is 0.0905. The maximum atomic E-state index is 11.2. The standard InChI is InChI=1S/C14H29NO4/c1-9(2)5-6-12(18)14(15-11(4)17)13(19)7-10(3)8-16/h9-10,12-14,16,18-19H,5-8H2,1-4H3,(H,15,17). The van der Waals surface area contributed by atoms with Crippen molar-refractivity contribution in [2.75, 3.05) is 6.61 Å². The lowest BCUT2D eigenvalue weighted by Gasteiger charge is -2.29. The molecule has 0 aliphatic carbocycles. The van der Waals surface area contributed by atoms with Gasteiger partial charge in [-0.1, -0.05) is 20.8 Å². The number of rotatable bonds is 9. The minimum absolute atomic E-state index is 0.0219. The number of aliphatic hydroxyl groups is 3. The molecule has 0 saturated heterocycles. The van der Waals surface area contributed by atoms with Gasteiger partial charge < -0.3 is 20.6 Å². The van der Waals surface area contributed by atoms with E-state index >= 15 is 0 Å². The molecule has 0 saturated carbocycles. The topological polar surface area (TPSA) is 89.8 Å². The lowest BCUT2D eigenvalue weighted by atomic mass is 9.92. The van der Waals surface area contributed by atoms with Crippen LogP contribution in [0.25, 0.3) is 0 Å². The fourth-order valence-electron chi connectivity index (χ4n) is 2.00. The molecule has 0 bridgehead atoms. The molecule has 5 nitrogen and oxygen atoms in total. The summed E-state index contributed by atoms with van der Waals surface area (Å²) in [6, 6.07) is -0.676. The SMILES string of the molecule is CC(=O)NC(C(O)CCC(C)C)C(O)CC(C)CO. The number of carbonyl (C=O) groups excluding carboxylic acids is 1. The first-order valence-corrected chi connectivity index (χ1v) is 7.02. The normalized spacial score (nSPS) is 17.9. The molecule has 114 valence electrons. The summed E-state index contributed by atoms with van der Waals surface area (Å²) in [5, 5.41) is 31.8. The van der Waals surface area contributed by atoms with Gasteiger partial charge >= 0.3 is 0 Å². The minimum Gasteiger partial charge on any atom is -0.396 e. The Labute approximate surface area is 116 Å². The van der Waals surface area contributed by atoms with E-state index in [4.69, 9.17) is 5.11 Å². The number of hydrogen-bond acceptors (Lipinski definition) is 4. The van der Waals surface area contributed by atoms with Crippen molar-refractivity contribution in [3.63, 3.8) is 0 Å². The second kappa shape index (κ2) is 9.28. The maximum absolute atomic E-state index is 11.2. The van der Waals surface area contributed by atoms with Crippen molar-refractivity contribution in [3.8, 4) is 0 Å². The molecule has 4 N–H and O–H groups in total. The largest absolute Gasteiger partial charge is 0.396 e. The summed E-state index contributed by atoms with van der Waals surface area (Å²) in [4.78, 5) is 11.2. The second-order valence-corrected chi connectivity index (χ2v) is 5.86. The quantitative estimate of drug-likeness (QED) is 0.498. The zero-order valence-corrected chi connectivity index (χ0v) is 12.5. The molecule has 0 rings (SSSR count). The molecule has 19 heavy (non-hydrogen) atoms. The van der Waals surface area contributed by atoms with Crippen molar-refractivity contribution in [1.29, 1.82) is 0 Å². The number of carbonyl (C=O) groups is 1. The molecule has 0 spiro atoms. The van der Waals surface area contributed by atoms with Gasteiger partial charge in [0, 0.05) is 13.5 Å². The van der Waals surface area contributed by atoms with E-state index in [1.165, 1.54) is 6.92 Å². The zero-order chi connectivity index (χ0) is 15.0. The van der Waals surface area contributed by atoms with Crippen LogP contribution >= 0.6 is 0 Å². The summed E-state index contributed by atoms with van der Waals surface area (Å²) < 4.78 is 0. The fraction of sp³-hybridized carbons (Fsp3) is 0.929. The van der Waals surface area contributed by atoms with E-state index in [9.17, 15) is 15.0 Å². The summed E-state index contributed by atoms with van der Waals surface area (Å²) in [5.74, 6) is 0.119.